The number of nitrogens with zero attached hydrogens (tertiary/aromatic N) is 3. The first-order chi connectivity index (χ1) is 10.4. The molecular weight excluding hydrogens is 260 g/mol. The van der Waals surface area contributed by atoms with Gasteiger partial charge in [-0.2, -0.15) is 0 Å². The number of aromatic nitrogens is 2. The summed E-state index contributed by atoms with van der Waals surface area (Å²) in [6, 6.07) is 0.598. The van der Waals surface area contributed by atoms with Crippen LogP contribution in [0.15, 0.2) is 6.33 Å². The van der Waals surface area contributed by atoms with Crippen molar-refractivity contribution in [3.63, 3.8) is 0 Å². The summed E-state index contributed by atoms with van der Waals surface area (Å²) in [6.45, 7) is 5.46. The highest BCUT2D eigenvalue weighted by atomic mass is 15.2. The van der Waals surface area contributed by atoms with E-state index in [9.17, 15) is 0 Å². The highest BCUT2D eigenvalue weighted by molar-refractivity contribution is 5.50. The molecule has 0 spiro atoms. The zero-order valence-corrected chi connectivity index (χ0v) is 13.3. The third-order valence-electron chi connectivity index (χ3n) is 4.88. The summed E-state index contributed by atoms with van der Waals surface area (Å²) < 4.78 is 0. The number of hydrogen-bond acceptors (Lipinski definition) is 4. The fraction of sp³-hybridized carbons (Fsp3) is 0.765. The van der Waals surface area contributed by atoms with E-state index in [0.29, 0.717) is 6.04 Å². The van der Waals surface area contributed by atoms with Crippen LogP contribution >= 0.6 is 0 Å². The number of fused-ring (bicyclic) bond motifs is 1. The van der Waals surface area contributed by atoms with Crippen molar-refractivity contribution in [3.8, 4) is 0 Å². The van der Waals surface area contributed by atoms with Crippen molar-refractivity contribution in [1.29, 1.82) is 0 Å². The van der Waals surface area contributed by atoms with Gasteiger partial charge in [-0.25, -0.2) is 9.97 Å². The summed E-state index contributed by atoms with van der Waals surface area (Å²) in [4.78, 5) is 11.8. The van der Waals surface area contributed by atoms with Crippen molar-refractivity contribution in [3.05, 3.63) is 17.6 Å². The molecule has 0 radical (unpaired) electrons. The molecule has 21 heavy (non-hydrogen) atoms. The first-order valence-corrected chi connectivity index (χ1v) is 8.70. The standard InChI is InChI=1S/C17H28N4/c1-2-18-12-14-8-6-7-11-21(14)17-15-9-4-3-5-10-16(15)19-13-20-17/h13-14,18H,2-12H2,1H3. The van der Waals surface area contributed by atoms with Crippen molar-refractivity contribution < 1.29 is 0 Å². The van der Waals surface area contributed by atoms with Crippen molar-refractivity contribution in [2.45, 2.75) is 64.3 Å². The fourth-order valence-electron chi connectivity index (χ4n) is 3.73. The minimum atomic E-state index is 0.598. The van der Waals surface area contributed by atoms with E-state index in [2.05, 4.69) is 22.1 Å². The number of anilines is 1. The normalized spacial score (nSPS) is 22.7. The fourth-order valence-corrected chi connectivity index (χ4v) is 3.73. The van der Waals surface area contributed by atoms with Crippen LogP contribution in [0.25, 0.3) is 0 Å². The van der Waals surface area contributed by atoms with Gasteiger partial charge in [0.25, 0.3) is 0 Å². The summed E-state index contributed by atoms with van der Waals surface area (Å²) in [7, 11) is 0. The Morgan fingerprint density at radius 3 is 2.95 bits per heavy atom. The van der Waals surface area contributed by atoms with Gasteiger partial charge in [-0.05, 0) is 51.5 Å². The quantitative estimate of drug-likeness (QED) is 0.865. The van der Waals surface area contributed by atoms with Crippen LogP contribution in [0.3, 0.4) is 0 Å². The lowest BCUT2D eigenvalue weighted by atomic mass is 10.00. The van der Waals surface area contributed by atoms with Crippen LogP contribution in [0.5, 0.6) is 0 Å². The third kappa shape index (κ3) is 3.37. The molecule has 1 aliphatic carbocycles. The van der Waals surface area contributed by atoms with E-state index < -0.39 is 0 Å². The maximum absolute atomic E-state index is 4.70. The maximum atomic E-state index is 4.70. The molecule has 2 heterocycles. The molecule has 0 amide bonds. The summed E-state index contributed by atoms with van der Waals surface area (Å²) in [5.41, 5.74) is 2.75. The Hall–Kier alpha value is -1.16. The number of likely N-dealkylation sites (N-methyl/N-ethyl adjacent to an activating group) is 1. The molecule has 1 N–H and O–H groups in total. The monoisotopic (exact) mass is 288 g/mol. The van der Waals surface area contributed by atoms with E-state index in [1.807, 2.05) is 0 Å². The Labute approximate surface area is 128 Å². The number of hydrogen-bond donors (Lipinski definition) is 1. The summed E-state index contributed by atoms with van der Waals surface area (Å²) >= 11 is 0. The van der Waals surface area contributed by atoms with Gasteiger partial charge in [0.2, 0.25) is 0 Å². The molecule has 3 rings (SSSR count). The lowest BCUT2D eigenvalue weighted by molar-refractivity contribution is 0.435. The summed E-state index contributed by atoms with van der Waals surface area (Å²) in [5.74, 6) is 1.24. The van der Waals surface area contributed by atoms with E-state index in [0.717, 1.165) is 32.5 Å². The largest absolute Gasteiger partial charge is 0.352 e. The van der Waals surface area contributed by atoms with E-state index in [4.69, 9.17) is 4.98 Å². The van der Waals surface area contributed by atoms with Crippen LogP contribution in [0.4, 0.5) is 5.82 Å². The molecule has 1 aliphatic heterocycles. The second-order valence-electron chi connectivity index (χ2n) is 6.33. The Morgan fingerprint density at radius 1 is 1.14 bits per heavy atom. The number of rotatable bonds is 4. The average Bonchev–Trinajstić information content (AvgIpc) is 2.78. The first kappa shape index (κ1) is 14.8. The Balaban J connectivity index is 1.86. The molecular formula is C17H28N4. The van der Waals surface area contributed by atoms with Gasteiger partial charge >= 0.3 is 0 Å². The van der Waals surface area contributed by atoms with Crippen LogP contribution < -0.4 is 10.2 Å². The van der Waals surface area contributed by atoms with Gasteiger partial charge in [0, 0.05) is 30.4 Å². The molecule has 1 unspecified atom stereocenters. The van der Waals surface area contributed by atoms with Crippen LogP contribution in [0.1, 0.15) is 56.7 Å². The van der Waals surface area contributed by atoms with Gasteiger partial charge in [0.15, 0.2) is 0 Å². The molecule has 1 aromatic rings. The van der Waals surface area contributed by atoms with E-state index in [1.165, 1.54) is 55.6 Å². The lowest BCUT2D eigenvalue weighted by Gasteiger charge is -2.38. The molecule has 0 saturated carbocycles. The second kappa shape index (κ2) is 7.21. The topological polar surface area (TPSA) is 41.0 Å². The highest BCUT2D eigenvalue weighted by Crippen LogP contribution is 2.30. The second-order valence-corrected chi connectivity index (χ2v) is 6.33. The van der Waals surface area contributed by atoms with Gasteiger partial charge in [-0.15, -0.1) is 0 Å². The van der Waals surface area contributed by atoms with Gasteiger partial charge in [0.1, 0.15) is 12.1 Å². The van der Waals surface area contributed by atoms with E-state index in [-0.39, 0.29) is 0 Å². The molecule has 1 aromatic heterocycles. The Kier molecular flexibility index (Phi) is 5.07. The predicted molar refractivity (Wildman–Crippen MR) is 86.8 cm³/mol. The molecule has 0 aromatic carbocycles. The molecule has 0 bridgehead atoms. The number of aryl methyl sites for hydroxylation is 1. The lowest BCUT2D eigenvalue weighted by Crippen LogP contribution is -2.46. The van der Waals surface area contributed by atoms with Crippen molar-refractivity contribution in [2.75, 3.05) is 24.5 Å². The minimum absolute atomic E-state index is 0.598. The zero-order valence-electron chi connectivity index (χ0n) is 13.3. The van der Waals surface area contributed by atoms with Crippen molar-refractivity contribution in [2.24, 2.45) is 0 Å². The van der Waals surface area contributed by atoms with Crippen molar-refractivity contribution in [1.82, 2.24) is 15.3 Å². The summed E-state index contributed by atoms with van der Waals surface area (Å²) in [5, 5.41) is 3.53. The zero-order chi connectivity index (χ0) is 14.5. The molecule has 116 valence electrons. The van der Waals surface area contributed by atoms with Gasteiger partial charge in [-0.1, -0.05) is 13.3 Å². The number of piperidine rings is 1. The molecule has 1 fully saturated rings. The van der Waals surface area contributed by atoms with Gasteiger partial charge in [-0.3, -0.25) is 0 Å². The predicted octanol–water partition coefficient (Wildman–Crippen LogP) is 2.71. The third-order valence-corrected chi connectivity index (χ3v) is 4.88. The maximum Gasteiger partial charge on any atom is 0.135 e. The van der Waals surface area contributed by atoms with Crippen LogP contribution in [-0.4, -0.2) is 35.6 Å². The van der Waals surface area contributed by atoms with Gasteiger partial charge < -0.3 is 10.2 Å². The SMILES string of the molecule is CCNCC1CCCCN1c1ncnc2c1CCCCC2. The van der Waals surface area contributed by atoms with E-state index >= 15 is 0 Å². The molecule has 2 aliphatic rings. The van der Waals surface area contributed by atoms with Crippen molar-refractivity contribution >= 4 is 5.82 Å². The van der Waals surface area contributed by atoms with Crippen LogP contribution in [-0.2, 0) is 12.8 Å². The summed E-state index contributed by atoms with van der Waals surface area (Å²) in [6.07, 6.45) is 11.9. The highest BCUT2D eigenvalue weighted by Gasteiger charge is 2.26. The molecule has 1 saturated heterocycles. The van der Waals surface area contributed by atoms with Crippen LogP contribution in [0.2, 0.25) is 0 Å². The Bertz CT molecular complexity index is 460. The molecule has 1 atom stereocenters. The Morgan fingerprint density at radius 2 is 2.05 bits per heavy atom. The molecule has 4 heteroatoms. The first-order valence-electron chi connectivity index (χ1n) is 8.70. The van der Waals surface area contributed by atoms with E-state index in [1.54, 1.807) is 6.33 Å². The smallest absolute Gasteiger partial charge is 0.135 e. The average molecular weight is 288 g/mol. The van der Waals surface area contributed by atoms with Gasteiger partial charge in [0.05, 0.1) is 0 Å². The molecule has 4 nitrogen and oxygen atoms in total. The van der Waals surface area contributed by atoms with Crippen LogP contribution in [0, 0.1) is 0 Å². The number of nitrogens with one attached hydrogen (secondary N) is 1. The minimum Gasteiger partial charge on any atom is -0.352 e.